The number of aliphatic imine (C=N–C) groups is 1. The summed E-state index contributed by atoms with van der Waals surface area (Å²) in [5.41, 5.74) is 2.69. The lowest BCUT2D eigenvalue weighted by Gasteiger charge is -2.20. The van der Waals surface area contributed by atoms with E-state index in [1.165, 1.54) is 50.0 Å². The minimum Gasteiger partial charge on any atom is -0.354 e. The van der Waals surface area contributed by atoms with Crippen LogP contribution in [0.5, 0.6) is 0 Å². The Kier molecular flexibility index (Phi) is 12.8. The van der Waals surface area contributed by atoms with Crippen LogP contribution in [-0.2, 0) is 13.1 Å². The number of nitrogens with zero attached hydrogens (tertiary/aromatic N) is 3. The molecule has 0 radical (unpaired) electrons. The molecule has 0 spiro atoms. The van der Waals surface area contributed by atoms with Gasteiger partial charge in [0.25, 0.3) is 0 Å². The molecule has 1 aliphatic rings. The topological polar surface area (TPSA) is 42.9 Å². The summed E-state index contributed by atoms with van der Waals surface area (Å²) in [7, 11) is 4.06. The van der Waals surface area contributed by atoms with E-state index in [1.54, 1.807) is 0 Å². The monoisotopic (exact) mass is 515 g/mol. The Morgan fingerprint density at radius 2 is 1.69 bits per heavy atom. The van der Waals surface area contributed by atoms with Gasteiger partial charge in [-0.2, -0.15) is 0 Å². The van der Waals surface area contributed by atoms with Gasteiger partial charge in [0.05, 0.1) is 0 Å². The Balaban J connectivity index is 0.00000420. The largest absolute Gasteiger partial charge is 0.354 e. The standard InChI is InChI=1S/C23H41N5.HI/c1-19(2)7-8-20(3)26-23(24-4)25-17-21-9-11-22(12-10-21)18-28-14-6-13-27(5)15-16-28;/h9-12,19-20H,6-8,13-18H2,1-5H3,(H2,24,25,26);1H. The second-order valence-electron chi connectivity index (χ2n) is 8.69. The predicted molar refractivity (Wildman–Crippen MR) is 136 cm³/mol. The highest BCUT2D eigenvalue weighted by atomic mass is 127. The molecule has 5 nitrogen and oxygen atoms in total. The third-order valence-corrected chi connectivity index (χ3v) is 5.48. The van der Waals surface area contributed by atoms with Gasteiger partial charge in [0.1, 0.15) is 0 Å². The lowest BCUT2D eigenvalue weighted by atomic mass is 10.0. The molecule has 1 atom stereocenters. The summed E-state index contributed by atoms with van der Waals surface area (Å²) in [4.78, 5) is 9.36. The Labute approximate surface area is 195 Å². The van der Waals surface area contributed by atoms with Gasteiger partial charge in [0.2, 0.25) is 0 Å². The van der Waals surface area contributed by atoms with E-state index in [0.29, 0.717) is 6.04 Å². The zero-order chi connectivity index (χ0) is 20.4. The molecule has 29 heavy (non-hydrogen) atoms. The number of rotatable bonds is 8. The molecule has 1 aliphatic heterocycles. The first-order chi connectivity index (χ1) is 13.5. The molecule has 2 rings (SSSR count). The molecule has 0 aliphatic carbocycles. The highest BCUT2D eigenvalue weighted by molar-refractivity contribution is 14.0. The minimum absolute atomic E-state index is 0. The molecule has 0 amide bonds. The van der Waals surface area contributed by atoms with Crippen molar-refractivity contribution in [3.05, 3.63) is 35.4 Å². The van der Waals surface area contributed by atoms with Crippen molar-refractivity contribution in [3.8, 4) is 0 Å². The molecule has 0 aromatic heterocycles. The molecular formula is C23H42IN5. The van der Waals surface area contributed by atoms with Crippen LogP contribution in [0.4, 0.5) is 0 Å². The average Bonchev–Trinajstić information content (AvgIpc) is 2.88. The van der Waals surface area contributed by atoms with Crippen LogP contribution in [0, 0.1) is 5.92 Å². The van der Waals surface area contributed by atoms with E-state index >= 15 is 0 Å². The van der Waals surface area contributed by atoms with Crippen molar-refractivity contribution in [2.75, 3.05) is 40.3 Å². The number of hydrogen-bond donors (Lipinski definition) is 2. The van der Waals surface area contributed by atoms with Crippen LogP contribution in [0.15, 0.2) is 29.3 Å². The number of guanidine groups is 1. The molecule has 1 heterocycles. The quantitative estimate of drug-likeness (QED) is 0.313. The first-order valence-corrected chi connectivity index (χ1v) is 10.9. The molecule has 166 valence electrons. The summed E-state index contributed by atoms with van der Waals surface area (Å²) >= 11 is 0. The summed E-state index contributed by atoms with van der Waals surface area (Å²) in [5.74, 6) is 1.63. The molecule has 2 N–H and O–H groups in total. The van der Waals surface area contributed by atoms with E-state index in [4.69, 9.17) is 0 Å². The fourth-order valence-electron chi connectivity index (χ4n) is 3.55. The Hall–Kier alpha value is -0.860. The summed E-state index contributed by atoms with van der Waals surface area (Å²) < 4.78 is 0. The number of likely N-dealkylation sites (N-methyl/N-ethyl adjacent to an activating group) is 1. The van der Waals surface area contributed by atoms with Crippen LogP contribution in [0.3, 0.4) is 0 Å². The maximum absolute atomic E-state index is 4.36. The van der Waals surface area contributed by atoms with Crippen molar-refractivity contribution in [2.24, 2.45) is 10.9 Å². The van der Waals surface area contributed by atoms with Crippen LogP contribution < -0.4 is 10.6 Å². The van der Waals surface area contributed by atoms with Crippen molar-refractivity contribution in [1.82, 2.24) is 20.4 Å². The maximum Gasteiger partial charge on any atom is 0.191 e. The number of nitrogens with one attached hydrogen (secondary N) is 2. The average molecular weight is 516 g/mol. The molecule has 0 saturated carbocycles. The predicted octanol–water partition coefficient (Wildman–Crippen LogP) is 3.93. The highest BCUT2D eigenvalue weighted by Crippen LogP contribution is 2.10. The Bertz CT molecular complexity index is 587. The van der Waals surface area contributed by atoms with Gasteiger partial charge in [-0.15, -0.1) is 24.0 Å². The highest BCUT2D eigenvalue weighted by Gasteiger charge is 2.12. The first kappa shape index (κ1) is 26.2. The zero-order valence-corrected chi connectivity index (χ0v) is 21.4. The third-order valence-electron chi connectivity index (χ3n) is 5.48. The second-order valence-corrected chi connectivity index (χ2v) is 8.69. The van der Waals surface area contributed by atoms with Gasteiger partial charge in [0.15, 0.2) is 5.96 Å². The van der Waals surface area contributed by atoms with E-state index < -0.39 is 0 Å². The van der Waals surface area contributed by atoms with Gasteiger partial charge in [0, 0.05) is 39.3 Å². The van der Waals surface area contributed by atoms with Crippen molar-refractivity contribution in [2.45, 2.75) is 59.2 Å². The summed E-state index contributed by atoms with van der Waals surface area (Å²) in [6, 6.07) is 9.45. The summed E-state index contributed by atoms with van der Waals surface area (Å²) in [5, 5.41) is 6.94. The molecule has 1 aromatic rings. The van der Waals surface area contributed by atoms with Crippen LogP contribution in [0.25, 0.3) is 0 Å². The molecule has 1 unspecified atom stereocenters. The lowest BCUT2D eigenvalue weighted by Crippen LogP contribution is -2.41. The third kappa shape index (κ3) is 10.6. The molecule has 6 heteroatoms. The van der Waals surface area contributed by atoms with Gasteiger partial charge >= 0.3 is 0 Å². The molecule has 1 fully saturated rings. The van der Waals surface area contributed by atoms with E-state index in [-0.39, 0.29) is 24.0 Å². The van der Waals surface area contributed by atoms with Crippen LogP contribution in [0.1, 0.15) is 51.2 Å². The fourth-order valence-corrected chi connectivity index (χ4v) is 3.55. The van der Waals surface area contributed by atoms with E-state index in [2.05, 4.69) is 77.5 Å². The van der Waals surface area contributed by atoms with E-state index in [1.807, 2.05) is 7.05 Å². The van der Waals surface area contributed by atoms with Crippen LogP contribution in [0.2, 0.25) is 0 Å². The molecule has 1 aromatic carbocycles. The second kappa shape index (κ2) is 14.2. The molecule has 0 bridgehead atoms. The van der Waals surface area contributed by atoms with Crippen molar-refractivity contribution >= 4 is 29.9 Å². The van der Waals surface area contributed by atoms with Crippen LogP contribution in [-0.4, -0.2) is 62.1 Å². The van der Waals surface area contributed by atoms with Gasteiger partial charge < -0.3 is 15.5 Å². The Morgan fingerprint density at radius 1 is 1.00 bits per heavy atom. The van der Waals surface area contributed by atoms with Crippen molar-refractivity contribution in [1.29, 1.82) is 0 Å². The van der Waals surface area contributed by atoms with Crippen molar-refractivity contribution in [3.63, 3.8) is 0 Å². The summed E-state index contributed by atoms with van der Waals surface area (Å²) in [6.07, 6.45) is 3.67. The summed E-state index contributed by atoms with van der Waals surface area (Å²) in [6.45, 7) is 13.4. The van der Waals surface area contributed by atoms with Gasteiger partial charge in [-0.1, -0.05) is 38.1 Å². The Morgan fingerprint density at radius 3 is 2.34 bits per heavy atom. The van der Waals surface area contributed by atoms with Gasteiger partial charge in [-0.3, -0.25) is 9.89 Å². The smallest absolute Gasteiger partial charge is 0.191 e. The number of hydrogen-bond acceptors (Lipinski definition) is 3. The van der Waals surface area contributed by atoms with Crippen molar-refractivity contribution < 1.29 is 0 Å². The first-order valence-electron chi connectivity index (χ1n) is 10.9. The van der Waals surface area contributed by atoms with Gasteiger partial charge in [-0.05, 0) is 63.4 Å². The van der Waals surface area contributed by atoms with E-state index in [0.717, 1.165) is 31.5 Å². The van der Waals surface area contributed by atoms with E-state index in [9.17, 15) is 0 Å². The molecular weight excluding hydrogens is 473 g/mol. The fraction of sp³-hybridized carbons (Fsp3) is 0.696. The van der Waals surface area contributed by atoms with Crippen LogP contribution >= 0.6 is 24.0 Å². The normalized spacial score (nSPS) is 17.5. The number of benzene rings is 1. The maximum atomic E-state index is 4.36. The lowest BCUT2D eigenvalue weighted by molar-refractivity contribution is 0.269. The SMILES string of the molecule is CN=C(NCc1ccc(CN2CCCN(C)CC2)cc1)NC(C)CCC(C)C.I. The molecule has 1 saturated heterocycles. The minimum atomic E-state index is 0. The van der Waals surface area contributed by atoms with Gasteiger partial charge in [-0.25, -0.2) is 0 Å². The number of halogens is 1. The zero-order valence-electron chi connectivity index (χ0n) is 19.1.